The Morgan fingerprint density at radius 3 is 2.29 bits per heavy atom. The monoisotopic (exact) mass is 448 g/mol. The number of piperidine rings is 1. The molecule has 31 heavy (non-hydrogen) atoms. The first-order valence-corrected chi connectivity index (χ1v) is 12.2. The summed E-state index contributed by atoms with van der Waals surface area (Å²) in [5.74, 6) is -0.577. The molecule has 1 spiro atoms. The fraction of sp³-hybridized carbons (Fsp3) is 0.571. The summed E-state index contributed by atoms with van der Waals surface area (Å²) in [6.45, 7) is 3.08. The second-order valence-corrected chi connectivity index (χ2v) is 10.7. The third kappa shape index (κ3) is 4.06. The lowest BCUT2D eigenvalue weighted by Crippen LogP contribution is -2.50. The van der Waals surface area contributed by atoms with Gasteiger partial charge in [-0.15, -0.1) is 0 Å². The van der Waals surface area contributed by atoms with E-state index in [1.54, 1.807) is 0 Å². The average molecular weight is 449 g/mol. The molecule has 0 atom stereocenters. The van der Waals surface area contributed by atoms with Crippen LogP contribution in [0.3, 0.4) is 0 Å². The summed E-state index contributed by atoms with van der Waals surface area (Å²) in [5, 5.41) is 3.48. The maximum absolute atomic E-state index is 12.8. The van der Waals surface area contributed by atoms with E-state index in [9.17, 15) is 22.8 Å². The molecule has 1 aromatic carbocycles. The summed E-state index contributed by atoms with van der Waals surface area (Å²) in [7, 11) is -3.61. The SMILES string of the molecule is CC1CCN(S(=O)(=O)c2ccc(C(=O)NN3C(=O)NC4(CCCCC4)C3=O)cc2)CC1. The second kappa shape index (κ2) is 8.23. The number of carbonyl (C=O) groups excluding carboxylic acids is 3. The van der Waals surface area contributed by atoms with Crippen molar-refractivity contribution in [1.82, 2.24) is 20.1 Å². The fourth-order valence-corrected chi connectivity index (χ4v) is 6.00. The van der Waals surface area contributed by atoms with Gasteiger partial charge in [0.1, 0.15) is 5.54 Å². The molecule has 3 aliphatic rings. The fourth-order valence-electron chi connectivity index (χ4n) is 4.53. The van der Waals surface area contributed by atoms with Crippen LogP contribution in [0.5, 0.6) is 0 Å². The Kier molecular flexibility index (Phi) is 5.78. The minimum Gasteiger partial charge on any atom is -0.322 e. The second-order valence-electron chi connectivity index (χ2n) is 8.77. The Morgan fingerprint density at radius 1 is 1.06 bits per heavy atom. The lowest BCUT2D eigenvalue weighted by atomic mass is 9.82. The Balaban J connectivity index is 1.44. The molecule has 1 saturated carbocycles. The van der Waals surface area contributed by atoms with Gasteiger partial charge in [0.25, 0.3) is 11.8 Å². The molecule has 0 radical (unpaired) electrons. The van der Waals surface area contributed by atoms with Gasteiger partial charge in [0, 0.05) is 18.7 Å². The molecular formula is C21H28N4O5S. The zero-order valence-corrected chi connectivity index (χ0v) is 18.4. The smallest absolute Gasteiger partial charge is 0.322 e. The van der Waals surface area contributed by atoms with E-state index < -0.39 is 33.4 Å². The summed E-state index contributed by atoms with van der Waals surface area (Å²) in [6, 6.07) is 4.92. The highest BCUT2D eigenvalue weighted by Crippen LogP contribution is 2.33. The van der Waals surface area contributed by atoms with Crippen molar-refractivity contribution >= 4 is 27.9 Å². The van der Waals surface area contributed by atoms with E-state index in [0.717, 1.165) is 37.1 Å². The lowest BCUT2D eigenvalue weighted by Gasteiger charge is -2.30. The van der Waals surface area contributed by atoms with Crippen molar-refractivity contribution < 1.29 is 22.8 Å². The molecule has 0 unspecified atom stereocenters. The molecule has 2 aliphatic heterocycles. The Morgan fingerprint density at radius 2 is 1.68 bits per heavy atom. The number of hydrogen-bond acceptors (Lipinski definition) is 5. The van der Waals surface area contributed by atoms with Crippen LogP contribution >= 0.6 is 0 Å². The van der Waals surface area contributed by atoms with Crippen molar-refractivity contribution in [3.05, 3.63) is 29.8 Å². The Hall–Kier alpha value is -2.46. The lowest BCUT2D eigenvalue weighted by molar-refractivity contribution is -0.134. The van der Waals surface area contributed by atoms with Crippen molar-refractivity contribution in [3.8, 4) is 0 Å². The van der Waals surface area contributed by atoms with Gasteiger partial charge in [-0.1, -0.05) is 26.2 Å². The van der Waals surface area contributed by atoms with Crippen molar-refractivity contribution in [2.24, 2.45) is 5.92 Å². The normalized spacial score (nSPS) is 22.5. The molecule has 1 aliphatic carbocycles. The number of amides is 4. The maximum atomic E-state index is 12.8. The highest BCUT2D eigenvalue weighted by atomic mass is 32.2. The molecule has 2 N–H and O–H groups in total. The van der Waals surface area contributed by atoms with Gasteiger partial charge in [-0.25, -0.2) is 13.2 Å². The predicted octanol–water partition coefficient (Wildman–Crippen LogP) is 2.01. The first kappa shape index (κ1) is 21.8. The molecule has 10 heteroatoms. The number of imide groups is 1. The number of carbonyl (C=O) groups is 3. The van der Waals surface area contributed by atoms with Crippen LogP contribution in [0.4, 0.5) is 4.79 Å². The van der Waals surface area contributed by atoms with Gasteiger partial charge in [-0.2, -0.15) is 9.31 Å². The third-order valence-electron chi connectivity index (χ3n) is 6.58. The first-order valence-electron chi connectivity index (χ1n) is 10.8. The Labute approximate surface area is 182 Å². The van der Waals surface area contributed by atoms with Crippen molar-refractivity contribution in [3.63, 3.8) is 0 Å². The number of hydrazine groups is 1. The average Bonchev–Trinajstić information content (AvgIpc) is 2.98. The first-order chi connectivity index (χ1) is 14.7. The maximum Gasteiger partial charge on any atom is 0.344 e. The van der Waals surface area contributed by atoms with Crippen LogP contribution in [0.2, 0.25) is 0 Å². The summed E-state index contributed by atoms with van der Waals surface area (Å²) < 4.78 is 27.1. The van der Waals surface area contributed by atoms with E-state index in [0.29, 0.717) is 31.8 Å². The van der Waals surface area contributed by atoms with Gasteiger partial charge < -0.3 is 5.32 Å². The zero-order valence-electron chi connectivity index (χ0n) is 17.6. The van der Waals surface area contributed by atoms with Gasteiger partial charge in [0.15, 0.2) is 0 Å². The summed E-state index contributed by atoms with van der Waals surface area (Å²) in [5.41, 5.74) is 1.60. The molecule has 3 fully saturated rings. The largest absolute Gasteiger partial charge is 0.344 e. The van der Waals surface area contributed by atoms with Crippen molar-refractivity contribution in [2.75, 3.05) is 13.1 Å². The topological polar surface area (TPSA) is 116 Å². The quantitative estimate of drug-likeness (QED) is 0.684. The van der Waals surface area contributed by atoms with Crippen LogP contribution in [0.25, 0.3) is 0 Å². The minimum atomic E-state index is -3.61. The highest BCUT2D eigenvalue weighted by molar-refractivity contribution is 7.89. The van der Waals surface area contributed by atoms with Gasteiger partial charge >= 0.3 is 6.03 Å². The molecule has 4 rings (SSSR count). The number of benzene rings is 1. The van der Waals surface area contributed by atoms with Gasteiger partial charge in [0.05, 0.1) is 4.90 Å². The molecule has 1 aromatic rings. The number of urea groups is 1. The van der Waals surface area contributed by atoms with E-state index in [1.165, 1.54) is 28.6 Å². The predicted molar refractivity (Wildman–Crippen MR) is 112 cm³/mol. The van der Waals surface area contributed by atoms with Crippen LogP contribution in [-0.2, 0) is 14.8 Å². The van der Waals surface area contributed by atoms with Gasteiger partial charge in [-0.3, -0.25) is 15.0 Å². The standard InChI is InChI=1S/C21H28N4O5S/c1-15-9-13-24(14-10-15)31(29,30)17-7-5-16(6-8-17)18(26)23-25-19(27)21(22-20(25)28)11-3-2-4-12-21/h5-8,15H,2-4,9-14H2,1H3,(H,22,28)(H,23,26). The van der Waals surface area contributed by atoms with E-state index >= 15 is 0 Å². The third-order valence-corrected chi connectivity index (χ3v) is 8.49. The van der Waals surface area contributed by atoms with Gasteiger partial charge in [-0.05, 0) is 55.9 Å². The number of nitrogens with one attached hydrogen (secondary N) is 2. The molecule has 0 bridgehead atoms. The number of rotatable bonds is 4. The van der Waals surface area contributed by atoms with E-state index in [1.807, 2.05) is 0 Å². The molecule has 4 amide bonds. The van der Waals surface area contributed by atoms with Crippen LogP contribution < -0.4 is 10.7 Å². The molecular weight excluding hydrogens is 420 g/mol. The Bertz CT molecular complexity index is 978. The van der Waals surface area contributed by atoms with E-state index in [2.05, 4.69) is 17.7 Å². The molecule has 2 heterocycles. The minimum absolute atomic E-state index is 0.120. The molecule has 0 aromatic heterocycles. The zero-order chi connectivity index (χ0) is 22.2. The highest BCUT2D eigenvalue weighted by Gasteiger charge is 2.52. The van der Waals surface area contributed by atoms with Crippen molar-refractivity contribution in [2.45, 2.75) is 62.3 Å². The van der Waals surface area contributed by atoms with E-state index in [-0.39, 0.29) is 10.5 Å². The molecule has 168 valence electrons. The number of sulfonamides is 1. The van der Waals surface area contributed by atoms with E-state index in [4.69, 9.17) is 0 Å². The van der Waals surface area contributed by atoms with Crippen LogP contribution in [0.1, 0.15) is 62.2 Å². The molecule has 2 saturated heterocycles. The number of hydrogen-bond donors (Lipinski definition) is 2. The summed E-state index contributed by atoms with van der Waals surface area (Å²) >= 11 is 0. The number of nitrogens with zero attached hydrogens (tertiary/aromatic N) is 2. The van der Waals surface area contributed by atoms with Crippen LogP contribution in [-0.4, -0.2) is 54.2 Å². The van der Waals surface area contributed by atoms with Crippen LogP contribution in [0.15, 0.2) is 29.2 Å². The summed E-state index contributed by atoms with van der Waals surface area (Å²) in [4.78, 5) is 37.8. The van der Waals surface area contributed by atoms with Crippen LogP contribution in [0, 0.1) is 5.92 Å². The van der Waals surface area contributed by atoms with Crippen molar-refractivity contribution in [1.29, 1.82) is 0 Å². The summed E-state index contributed by atoms with van der Waals surface area (Å²) in [6.07, 6.45) is 5.49. The van der Waals surface area contributed by atoms with Gasteiger partial charge in [0.2, 0.25) is 10.0 Å². The molecule has 9 nitrogen and oxygen atoms in total.